The van der Waals surface area contributed by atoms with Crippen LogP contribution in [0.5, 0.6) is 0 Å². The van der Waals surface area contributed by atoms with Gasteiger partial charge in [-0.05, 0) is 44.9 Å². The molecule has 0 radical (unpaired) electrons. The summed E-state index contributed by atoms with van der Waals surface area (Å²) in [5.41, 5.74) is 2.40. The van der Waals surface area contributed by atoms with Crippen LogP contribution in [0.25, 0.3) is 5.57 Å². The molecule has 0 aliphatic carbocycles. The molecule has 1 aromatic carbocycles. The molecule has 7 nitrogen and oxygen atoms in total. The lowest BCUT2D eigenvalue weighted by Gasteiger charge is -2.12. The third kappa shape index (κ3) is 2.80. The molecule has 24 heavy (non-hydrogen) atoms. The van der Waals surface area contributed by atoms with Gasteiger partial charge in [0.1, 0.15) is 5.56 Å². The Hall–Kier alpha value is -2.96. The van der Waals surface area contributed by atoms with Crippen LogP contribution in [0, 0.1) is 17.0 Å². The highest BCUT2D eigenvalue weighted by atomic mass is 16.6. The van der Waals surface area contributed by atoms with E-state index in [9.17, 15) is 19.7 Å². The second-order valence-corrected chi connectivity index (χ2v) is 5.89. The third-order valence-corrected chi connectivity index (χ3v) is 4.19. The minimum Gasteiger partial charge on any atom is -0.302 e. The average Bonchev–Trinajstić information content (AvgIpc) is 2.85. The highest BCUT2D eigenvalue weighted by Gasteiger charge is 2.25. The van der Waals surface area contributed by atoms with Gasteiger partial charge in [-0.25, -0.2) is 0 Å². The Labute approximate surface area is 138 Å². The number of nitrogens with zero attached hydrogens (tertiary/aromatic N) is 2. The van der Waals surface area contributed by atoms with Crippen molar-refractivity contribution in [2.24, 2.45) is 7.05 Å². The Morgan fingerprint density at radius 3 is 2.29 bits per heavy atom. The highest BCUT2D eigenvalue weighted by molar-refractivity contribution is 6.10. The van der Waals surface area contributed by atoms with Crippen LogP contribution in [0.2, 0.25) is 0 Å². The molecule has 1 aromatic heterocycles. The SMILES string of the molecule is CC(C)=C(C)c1c([N+](=O)[O-])ccc(C(=O)c2c[nH]n(C)c2=O)c1C. The fourth-order valence-corrected chi connectivity index (χ4v) is 2.59. The van der Waals surface area contributed by atoms with Crippen LogP contribution in [0.4, 0.5) is 5.69 Å². The van der Waals surface area contributed by atoms with Crippen LogP contribution < -0.4 is 5.56 Å². The molecule has 0 saturated heterocycles. The van der Waals surface area contributed by atoms with Gasteiger partial charge < -0.3 is 5.10 Å². The van der Waals surface area contributed by atoms with Gasteiger partial charge >= 0.3 is 0 Å². The fraction of sp³-hybridized carbons (Fsp3) is 0.294. The number of nitrogens with one attached hydrogen (secondary N) is 1. The maximum absolute atomic E-state index is 12.7. The van der Waals surface area contributed by atoms with Crippen molar-refractivity contribution in [3.8, 4) is 0 Å². The Morgan fingerprint density at radius 1 is 1.21 bits per heavy atom. The predicted molar refractivity (Wildman–Crippen MR) is 91.2 cm³/mol. The Morgan fingerprint density at radius 2 is 1.83 bits per heavy atom. The number of hydrogen-bond donors (Lipinski definition) is 1. The first kappa shape index (κ1) is 17.4. The minimum absolute atomic E-state index is 0.00950. The van der Waals surface area contributed by atoms with Crippen LogP contribution in [0.3, 0.4) is 0 Å². The summed E-state index contributed by atoms with van der Waals surface area (Å²) in [7, 11) is 1.51. The maximum atomic E-state index is 12.7. The van der Waals surface area contributed by atoms with Crippen molar-refractivity contribution < 1.29 is 9.72 Å². The lowest BCUT2D eigenvalue weighted by Crippen LogP contribution is -2.20. The third-order valence-electron chi connectivity index (χ3n) is 4.19. The molecule has 0 spiro atoms. The maximum Gasteiger partial charge on any atom is 0.277 e. The van der Waals surface area contributed by atoms with E-state index in [1.165, 1.54) is 30.1 Å². The molecule has 0 amide bonds. The lowest BCUT2D eigenvalue weighted by atomic mass is 9.90. The molecule has 2 rings (SSSR count). The van der Waals surface area contributed by atoms with E-state index in [1.54, 1.807) is 13.8 Å². The van der Waals surface area contributed by atoms with Crippen molar-refractivity contribution >= 4 is 17.0 Å². The lowest BCUT2D eigenvalue weighted by molar-refractivity contribution is -0.385. The molecule has 0 bridgehead atoms. The number of carbonyl (C=O) groups is 1. The van der Waals surface area contributed by atoms with Crippen molar-refractivity contribution in [1.82, 2.24) is 9.78 Å². The molecule has 0 aliphatic heterocycles. The zero-order valence-corrected chi connectivity index (χ0v) is 14.3. The molecule has 0 aliphatic rings. The second-order valence-electron chi connectivity index (χ2n) is 5.89. The largest absolute Gasteiger partial charge is 0.302 e. The number of carbonyl (C=O) groups excluding carboxylic acids is 1. The van der Waals surface area contributed by atoms with Gasteiger partial charge in [-0.1, -0.05) is 5.57 Å². The Bertz CT molecular complexity index is 928. The Kier molecular flexibility index (Phi) is 4.54. The van der Waals surface area contributed by atoms with Crippen LogP contribution in [0.15, 0.2) is 28.7 Å². The van der Waals surface area contributed by atoms with Gasteiger partial charge in [-0.3, -0.25) is 24.4 Å². The first-order chi connectivity index (χ1) is 11.2. The number of aryl methyl sites for hydroxylation is 1. The number of H-pyrrole nitrogens is 1. The summed E-state index contributed by atoms with van der Waals surface area (Å²) >= 11 is 0. The monoisotopic (exact) mass is 329 g/mol. The fourth-order valence-electron chi connectivity index (χ4n) is 2.59. The van der Waals surface area contributed by atoms with Gasteiger partial charge in [0.25, 0.3) is 11.2 Å². The molecule has 2 aromatic rings. The van der Waals surface area contributed by atoms with Crippen LogP contribution in [-0.2, 0) is 7.05 Å². The van der Waals surface area contributed by atoms with E-state index >= 15 is 0 Å². The van der Waals surface area contributed by atoms with Crippen LogP contribution in [-0.4, -0.2) is 20.5 Å². The van der Waals surface area contributed by atoms with Crippen LogP contribution in [0.1, 0.15) is 47.8 Å². The van der Waals surface area contributed by atoms with Crippen molar-refractivity contribution in [2.45, 2.75) is 27.7 Å². The van der Waals surface area contributed by atoms with Crippen molar-refractivity contribution in [3.05, 3.63) is 66.6 Å². The summed E-state index contributed by atoms with van der Waals surface area (Å²) in [4.78, 5) is 35.6. The summed E-state index contributed by atoms with van der Waals surface area (Å²) in [6.45, 7) is 7.16. The van der Waals surface area contributed by atoms with Crippen molar-refractivity contribution in [2.75, 3.05) is 0 Å². The number of benzene rings is 1. The number of rotatable bonds is 4. The minimum atomic E-state index is -0.460. The van der Waals surface area contributed by atoms with E-state index in [-0.39, 0.29) is 16.8 Å². The summed E-state index contributed by atoms with van der Waals surface area (Å²) in [6, 6.07) is 2.73. The van der Waals surface area contributed by atoms with Gasteiger partial charge in [0, 0.05) is 24.9 Å². The van der Waals surface area contributed by atoms with E-state index in [0.717, 1.165) is 11.1 Å². The van der Waals surface area contributed by atoms with Crippen LogP contribution >= 0.6 is 0 Å². The number of aromatic amines is 1. The van der Waals surface area contributed by atoms with Gasteiger partial charge in [-0.15, -0.1) is 0 Å². The zero-order chi connectivity index (χ0) is 18.2. The summed E-state index contributed by atoms with van der Waals surface area (Å²) in [6.07, 6.45) is 1.35. The van der Waals surface area contributed by atoms with Gasteiger partial charge in [0.05, 0.1) is 10.5 Å². The molecule has 1 N–H and O–H groups in total. The van der Waals surface area contributed by atoms with E-state index in [2.05, 4.69) is 5.10 Å². The van der Waals surface area contributed by atoms with E-state index in [0.29, 0.717) is 11.1 Å². The molecule has 0 atom stereocenters. The number of nitro benzene ring substituents is 1. The molecule has 7 heteroatoms. The van der Waals surface area contributed by atoms with E-state index in [1.807, 2.05) is 13.8 Å². The topological polar surface area (TPSA) is 98.0 Å². The second kappa shape index (κ2) is 6.27. The number of ketones is 1. The smallest absolute Gasteiger partial charge is 0.277 e. The molecule has 0 fully saturated rings. The molecule has 126 valence electrons. The first-order valence-corrected chi connectivity index (χ1v) is 7.38. The molecule has 1 heterocycles. The number of allylic oxidation sites excluding steroid dienone is 2. The average molecular weight is 329 g/mol. The van der Waals surface area contributed by atoms with Gasteiger partial charge in [0.15, 0.2) is 5.78 Å². The highest BCUT2D eigenvalue weighted by Crippen LogP contribution is 2.33. The Balaban J connectivity index is 2.74. The predicted octanol–water partition coefficient (Wildman–Crippen LogP) is 2.97. The van der Waals surface area contributed by atoms with Crippen molar-refractivity contribution in [3.63, 3.8) is 0 Å². The quantitative estimate of drug-likeness (QED) is 0.529. The number of hydrogen-bond acceptors (Lipinski definition) is 4. The normalized spacial score (nSPS) is 10.5. The van der Waals surface area contributed by atoms with Crippen molar-refractivity contribution in [1.29, 1.82) is 0 Å². The number of aromatic nitrogens is 2. The van der Waals surface area contributed by atoms with E-state index < -0.39 is 16.3 Å². The summed E-state index contributed by atoms with van der Waals surface area (Å²) < 4.78 is 1.20. The number of nitro groups is 1. The molecular weight excluding hydrogens is 310 g/mol. The van der Waals surface area contributed by atoms with E-state index in [4.69, 9.17) is 0 Å². The molecular formula is C17H19N3O4. The van der Waals surface area contributed by atoms with Gasteiger partial charge in [-0.2, -0.15) is 0 Å². The first-order valence-electron chi connectivity index (χ1n) is 7.38. The van der Waals surface area contributed by atoms with Gasteiger partial charge in [0.2, 0.25) is 0 Å². The standard InChI is InChI=1S/C17H19N3O4/c1-9(2)10(3)15-11(4)12(6-7-14(15)20(23)24)16(21)13-8-18-19(5)17(13)22/h6-8,18H,1-5H3. The molecule has 0 saturated carbocycles. The zero-order valence-electron chi connectivity index (χ0n) is 14.3. The molecule has 0 unspecified atom stereocenters. The summed E-state index contributed by atoms with van der Waals surface area (Å²) in [5.74, 6) is -0.452. The summed E-state index contributed by atoms with van der Waals surface area (Å²) in [5, 5.41) is 14.0.